The Balaban J connectivity index is 1.44. The molecule has 130 valence electrons. The summed E-state index contributed by atoms with van der Waals surface area (Å²) >= 11 is 1.51. The Morgan fingerprint density at radius 1 is 1.23 bits per heavy atom. The van der Waals surface area contributed by atoms with Crippen molar-refractivity contribution in [1.29, 1.82) is 0 Å². The van der Waals surface area contributed by atoms with Gasteiger partial charge in [0.25, 0.3) is 5.91 Å². The van der Waals surface area contributed by atoms with Crippen LogP contribution >= 0.6 is 11.3 Å². The van der Waals surface area contributed by atoms with Crippen molar-refractivity contribution in [3.05, 3.63) is 57.9 Å². The van der Waals surface area contributed by atoms with E-state index < -0.39 is 0 Å². The molecule has 3 aromatic heterocycles. The van der Waals surface area contributed by atoms with Gasteiger partial charge in [0.05, 0.1) is 34.7 Å². The lowest BCUT2D eigenvalue weighted by Gasteiger charge is -2.27. The number of aromatic amines is 1. The van der Waals surface area contributed by atoms with Crippen LogP contribution in [0.1, 0.15) is 20.9 Å². The standard InChI is InChI=1S/C19H17N5OS/c1-12-6-9-26-17(12)19(25)23-7-8-24-13(11-23)10-16(22-24)18-20-14-4-2-3-5-15(14)21-18/h2-6,9-10H,7-8,11H2,1H3,(H,20,21). The first-order chi connectivity index (χ1) is 12.7. The highest BCUT2D eigenvalue weighted by Crippen LogP contribution is 2.25. The van der Waals surface area contributed by atoms with Gasteiger partial charge in [-0.2, -0.15) is 5.10 Å². The number of amides is 1. The Hall–Kier alpha value is -2.93. The van der Waals surface area contributed by atoms with Gasteiger partial charge in [-0.05, 0) is 42.1 Å². The second kappa shape index (κ2) is 5.81. The molecule has 4 aromatic rings. The number of carbonyl (C=O) groups is 1. The van der Waals surface area contributed by atoms with Crippen molar-refractivity contribution in [2.75, 3.05) is 6.54 Å². The first kappa shape index (κ1) is 15.3. The minimum absolute atomic E-state index is 0.107. The van der Waals surface area contributed by atoms with E-state index in [1.54, 1.807) is 0 Å². The smallest absolute Gasteiger partial charge is 0.264 e. The second-order valence-corrected chi connectivity index (χ2v) is 7.42. The van der Waals surface area contributed by atoms with Gasteiger partial charge in [0, 0.05) is 6.54 Å². The molecule has 1 aliphatic heterocycles. The largest absolute Gasteiger partial charge is 0.337 e. The molecule has 1 N–H and O–H groups in total. The van der Waals surface area contributed by atoms with E-state index >= 15 is 0 Å². The van der Waals surface area contributed by atoms with E-state index in [1.807, 2.05) is 58.3 Å². The Morgan fingerprint density at radius 2 is 2.12 bits per heavy atom. The van der Waals surface area contributed by atoms with Crippen molar-refractivity contribution < 1.29 is 4.79 Å². The van der Waals surface area contributed by atoms with Crippen molar-refractivity contribution in [3.63, 3.8) is 0 Å². The van der Waals surface area contributed by atoms with Crippen molar-refractivity contribution >= 4 is 28.3 Å². The van der Waals surface area contributed by atoms with Crippen LogP contribution in [0.2, 0.25) is 0 Å². The molecule has 1 aliphatic rings. The molecule has 7 heteroatoms. The third-order valence-corrected chi connectivity index (χ3v) is 5.78. The molecular weight excluding hydrogens is 346 g/mol. The van der Waals surface area contributed by atoms with Gasteiger partial charge < -0.3 is 9.88 Å². The summed E-state index contributed by atoms with van der Waals surface area (Å²) in [5.41, 5.74) is 4.83. The van der Waals surface area contributed by atoms with Crippen LogP contribution in [0.4, 0.5) is 0 Å². The van der Waals surface area contributed by atoms with Gasteiger partial charge in [0.1, 0.15) is 5.69 Å². The summed E-state index contributed by atoms with van der Waals surface area (Å²) in [6, 6.07) is 12.0. The first-order valence-electron chi connectivity index (χ1n) is 8.54. The topological polar surface area (TPSA) is 66.8 Å². The number of fused-ring (bicyclic) bond motifs is 2. The summed E-state index contributed by atoms with van der Waals surface area (Å²) in [5, 5.41) is 6.65. The fraction of sp³-hybridized carbons (Fsp3) is 0.211. The third-order valence-electron chi connectivity index (χ3n) is 4.77. The fourth-order valence-corrected chi connectivity index (χ4v) is 4.26. The molecule has 0 bridgehead atoms. The van der Waals surface area contributed by atoms with Crippen molar-refractivity contribution in [3.8, 4) is 11.5 Å². The van der Waals surface area contributed by atoms with Crippen LogP contribution < -0.4 is 0 Å². The molecule has 6 nitrogen and oxygen atoms in total. The maximum absolute atomic E-state index is 12.8. The number of thiophene rings is 1. The molecule has 0 unspecified atom stereocenters. The molecule has 0 atom stereocenters. The lowest BCUT2D eigenvalue weighted by molar-refractivity contribution is 0.0710. The van der Waals surface area contributed by atoms with Crippen LogP contribution in [-0.2, 0) is 13.1 Å². The molecule has 0 fully saturated rings. The number of aromatic nitrogens is 4. The number of imidazole rings is 1. The van der Waals surface area contributed by atoms with E-state index in [-0.39, 0.29) is 5.91 Å². The van der Waals surface area contributed by atoms with Gasteiger partial charge in [-0.15, -0.1) is 11.3 Å². The number of carbonyl (C=O) groups excluding carboxylic acids is 1. The van der Waals surface area contributed by atoms with Crippen LogP contribution in [0.5, 0.6) is 0 Å². The number of aryl methyl sites for hydroxylation is 1. The van der Waals surface area contributed by atoms with Crippen LogP contribution in [-0.4, -0.2) is 37.1 Å². The molecule has 0 spiro atoms. The quantitative estimate of drug-likeness (QED) is 0.593. The molecule has 1 amide bonds. The Labute approximate surface area is 154 Å². The number of hydrogen-bond donors (Lipinski definition) is 1. The lowest BCUT2D eigenvalue weighted by Crippen LogP contribution is -2.38. The second-order valence-electron chi connectivity index (χ2n) is 6.51. The number of para-hydroxylation sites is 2. The van der Waals surface area contributed by atoms with Gasteiger partial charge in [-0.3, -0.25) is 9.48 Å². The molecule has 1 aromatic carbocycles. The average Bonchev–Trinajstić information content (AvgIpc) is 3.37. The highest BCUT2D eigenvalue weighted by Gasteiger charge is 2.25. The summed E-state index contributed by atoms with van der Waals surface area (Å²) in [7, 11) is 0. The number of hydrogen-bond acceptors (Lipinski definition) is 4. The molecule has 26 heavy (non-hydrogen) atoms. The normalized spacial score (nSPS) is 14.0. The average molecular weight is 363 g/mol. The summed E-state index contributed by atoms with van der Waals surface area (Å²) < 4.78 is 1.98. The highest BCUT2D eigenvalue weighted by atomic mass is 32.1. The minimum Gasteiger partial charge on any atom is -0.337 e. The molecular formula is C19H17N5OS. The maximum Gasteiger partial charge on any atom is 0.264 e. The summed E-state index contributed by atoms with van der Waals surface area (Å²) in [5.74, 6) is 0.871. The maximum atomic E-state index is 12.8. The molecule has 0 saturated carbocycles. The van der Waals surface area contributed by atoms with E-state index in [2.05, 4.69) is 15.1 Å². The molecule has 0 saturated heterocycles. The van der Waals surface area contributed by atoms with Crippen LogP contribution in [0, 0.1) is 6.92 Å². The predicted octanol–water partition coefficient (Wildman–Crippen LogP) is 3.45. The monoisotopic (exact) mass is 363 g/mol. The Kier molecular flexibility index (Phi) is 3.43. The van der Waals surface area contributed by atoms with E-state index in [0.717, 1.165) is 38.7 Å². The summed E-state index contributed by atoms with van der Waals surface area (Å²) in [6.45, 7) is 3.93. The number of nitrogens with zero attached hydrogens (tertiary/aromatic N) is 4. The fourth-order valence-electron chi connectivity index (χ4n) is 3.36. The van der Waals surface area contributed by atoms with Crippen molar-refractivity contribution in [2.24, 2.45) is 0 Å². The predicted molar refractivity (Wildman–Crippen MR) is 101 cm³/mol. The molecule has 0 radical (unpaired) electrons. The van der Waals surface area contributed by atoms with Gasteiger partial charge in [0.2, 0.25) is 0 Å². The van der Waals surface area contributed by atoms with Crippen LogP contribution in [0.3, 0.4) is 0 Å². The zero-order valence-corrected chi connectivity index (χ0v) is 15.1. The molecule has 0 aliphatic carbocycles. The van der Waals surface area contributed by atoms with Crippen LogP contribution in [0.25, 0.3) is 22.6 Å². The SMILES string of the molecule is Cc1ccsc1C(=O)N1CCn2nc(-c3nc4ccccc4[nH]3)cc2C1. The van der Waals surface area contributed by atoms with E-state index in [1.165, 1.54) is 11.3 Å². The zero-order valence-electron chi connectivity index (χ0n) is 14.3. The number of rotatable bonds is 2. The summed E-state index contributed by atoms with van der Waals surface area (Å²) in [6.07, 6.45) is 0. The summed E-state index contributed by atoms with van der Waals surface area (Å²) in [4.78, 5) is 23.4. The zero-order chi connectivity index (χ0) is 17.7. The molecule has 5 rings (SSSR count). The van der Waals surface area contributed by atoms with Crippen LogP contribution in [0.15, 0.2) is 41.8 Å². The highest BCUT2D eigenvalue weighted by molar-refractivity contribution is 7.12. The van der Waals surface area contributed by atoms with Gasteiger partial charge in [-0.25, -0.2) is 4.98 Å². The van der Waals surface area contributed by atoms with Crippen molar-refractivity contribution in [2.45, 2.75) is 20.0 Å². The van der Waals surface area contributed by atoms with E-state index in [9.17, 15) is 4.79 Å². The number of nitrogens with one attached hydrogen (secondary N) is 1. The first-order valence-corrected chi connectivity index (χ1v) is 9.42. The third kappa shape index (κ3) is 2.43. The lowest BCUT2D eigenvalue weighted by atomic mass is 10.2. The van der Waals surface area contributed by atoms with Gasteiger partial charge in [0.15, 0.2) is 5.82 Å². The minimum atomic E-state index is 0.107. The van der Waals surface area contributed by atoms with E-state index in [0.29, 0.717) is 19.6 Å². The Bertz CT molecular complexity index is 1090. The Morgan fingerprint density at radius 3 is 2.92 bits per heavy atom. The van der Waals surface area contributed by atoms with E-state index in [4.69, 9.17) is 0 Å². The molecule has 4 heterocycles. The van der Waals surface area contributed by atoms with Gasteiger partial charge >= 0.3 is 0 Å². The number of benzene rings is 1. The van der Waals surface area contributed by atoms with Gasteiger partial charge in [-0.1, -0.05) is 12.1 Å². The van der Waals surface area contributed by atoms with Crippen molar-refractivity contribution in [1.82, 2.24) is 24.6 Å². The number of H-pyrrole nitrogens is 1.